The van der Waals surface area contributed by atoms with Gasteiger partial charge in [-0.1, -0.05) is 45.6 Å². The molecule has 0 saturated heterocycles. The average molecular weight is 262 g/mol. The van der Waals surface area contributed by atoms with Crippen LogP contribution in [0.5, 0.6) is 11.5 Å². The molecule has 0 amide bonds. The topological polar surface area (TPSA) is 29.5 Å². The summed E-state index contributed by atoms with van der Waals surface area (Å²) in [5, 5.41) is 10.5. The van der Waals surface area contributed by atoms with Gasteiger partial charge in [0, 0.05) is 5.56 Å². The lowest BCUT2D eigenvalue weighted by atomic mass is 9.70. The van der Waals surface area contributed by atoms with Gasteiger partial charge in [-0.15, -0.1) is 0 Å². The van der Waals surface area contributed by atoms with E-state index in [9.17, 15) is 5.11 Å². The molecule has 0 atom stereocenters. The van der Waals surface area contributed by atoms with Gasteiger partial charge in [0.05, 0.1) is 7.11 Å². The third kappa shape index (κ3) is 2.88. The van der Waals surface area contributed by atoms with Gasteiger partial charge in [0.2, 0.25) is 0 Å². The van der Waals surface area contributed by atoms with Crippen molar-refractivity contribution in [2.75, 3.05) is 7.11 Å². The van der Waals surface area contributed by atoms with Crippen molar-refractivity contribution >= 4 is 0 Å². The van der Waals surface area contributed by atoms with E-state index in [1.165, 1.54) is 37.7 Å². The van der Waals surface area contributed by atoms with Gasteiger partial charge in [0.1, 0.15) is 0 Å². The van der Waals surface area contributed by atoms with Crippen molar-refractivity contribution in [3.8, 4) is 11.5 Å². The fourth-order valence-corrected chi connectivity index (χ4v) is 3.32. The Balaban J connectivity index is 2.44. The summed E-state index contributed by atoms with van der Waals surface area (Å²) in [6, 6.07) is 4.18. The van der Waals surface area contributed by atoms with Gasteiger partial charge in [-0.25, -0.2) is 0 Å². The van der Waals surface area contributed by atoms with Crippen molar-refractivity contribution in [3.63, 3.8) is 0 Å². The van der Waals surface area contributed by atoms with Gasteiger partial charge in [-0.3, -0.25) is 0 Å². The fourth-order valence-electron chi connectivity index (χ4n) is 3.32. The number of hydrogen-bond acceptors (Lipinski definition) is 2. The number of benzene rings is 1. The number of aryl methyl sites for hydroxylation is 1. The summed E-state index contributed by atoms with van der Waals surface area (Å²) in [5.41, 5.74) is 2.48. The second-order valence-corrected chi connectivity index (χ2v) is 6.07. The Labute approximate surface area is 116 Å². The Morgan fingerprint density at radius 3 is 2.47 bits per heavy atom. The minimum absolute atomic E-state index is 0.110. The number of ether oxygens (including phenoxy) is 1. The predicted molar refractivity (Wildman–Crippen MR) is 79.1 cm³/mol. The molecule has 2 nitrogen and oxygen atoms in total. The maximum absolute atomic E-state index is 10.5. The largest absolute Gasteiger partial charge is 0.504 e. The van der Waals surface area contributed by atoms with Crippen molar-refractivity contribution in [2.24, 2.45) is 0 Å². The van der Waals surface area contributed by atoms with Gasteiger partial charge in [0.15, 0.2) is 11.5 Å². The third-order valence-electron chi connectivity index (χ3n) is 4.50. The second kappa shape index (κ2) is 5.85. The first kappa shape index (κ1) is 14.2. The van der Waals surface area contributed by atoms with E-state index in [0.717, 1.165) is 18.4 Å². The maximum Gasteiger partial charge on any atom is 0.161 e. The normalized spacial score (nSPS) is 18.3. The highest BCUT2D eigenvalue weighted by atomic mass is 16.5. The second-order valence-electron chi connectivity index (χ2n) is 6.07. The zero-order valence-corrected chi connectivity index (χ0v) is 12.5. The van der Waals surface area contributed by atoms with Gasteiger partial charge in [-0.05, 0) is 36.3 Å². The van der Waals surface area contributed by atoms with Gasteiger partial charge in [-0.2, -0.15) is 0 Å². The van der Waals surface area contributed by atoms with Crippen LogP contribution in [0.15, 0.2) is 12.1 Å². The number of phenolic OH excluding ortho intramolecular Hbond substituents is 1. The first-order chi connectivity index (χ1) is 9.10. The Bertz CT molecular complexity index is 431. The van der Waals surface area contributed by atoms with Crippen LogP contribution in [0, 0.1) is 0 Å². The van der Waals surface area contributed by atoms with Crippen LogP contribution in [0.2, 0.25) is 0 Å². The molecule has 0 unspecified atom stereocenters. The number of phenols is 1. The molecule has 1 aromatic rings. The van der Waals surface area contributed by atoms with Crippen molar-refractivity contribution in [1.29, 1.82) is 0 Å². The molecule has 19 heavy (non-hydrogen) atoms. The highest BCUT2D eigenvalue weighted by Gasteiger charge is 2.32. The fraction of sp³-hybridized carbons (Fsp3) is 0.647. The first-order valence-corrected chi connectivity index (χ1v) is 7.51. The zero-order valence-electron chi connectivity index (χ0n) is 12.5. The quantitative estimate of drug-likeness (QED) is 0.861. The molecule has 1 N–H and O–H groups in total. The molecule has 0 aromatic heterocycles. The summed E-state index contributed by atoms with van der Waals surface area (Å²) in [6.45, 7) is 4.47. The van der Waals surface area contributed by atoms with Crippen LogP contribution in [-0.2, 0) is 11.8 Å². The molecule has 1 fully saturated rings. The summed E-state index contributed by atoms with van der Waals surface area (Å²) in [5.74, 6) is 0.986. The predicted octanol–water partition coefficient (Wildman–Crippen LogP) is 4.58. The monoisotopic (exact) mass is 262 g/mol. The van der Waals surface area contributed by atoms with E-state index in [2.05, 4.69) is 19.9 Å². The van der Waals surface area contributed by atoms with Crippen LogP contribution in [0.3, 0.4) is 0 Å². The van der Waals surface area contributed by atoms with E-state index in [0.29, 0.717) is 11.5 Å². The zero-order chi connectivity index (χ0) is 13.9. The van der Waals surface area contributed by atoms with Gasteiger partial charge in [0.25, 0.3) is 0 Å². The molecule has 2 heteroatoms. The molecule has 0 radical (unpaired) electrons. The van der Waals surface area contributed by atoms with Crippen molar-refractivity contribution in [3.05, 3.63) is 23.3 Å². The van der Waals surface area contributed by atoms with Crippen LogP contribution in [-0.4, -0.2) is 12.2 Å². The standard InChI is InChI=1S/C17H26O2/c1-4-8-13-11-14(16(18)15(12-13)19-3)17(2)9-6-5-7-10-17/h11-12,18H,4-10H2,1-3H3. The number of aromatic hydroxyl groups is 1. The first-order valence-electron chi connectivity index (χ1n) is 7.51. The van der Waals surface area contributed by atoms with Crippen molar-refractivity contribution < 1.29 is 9.84 Å². The van der Waals surface area contributed by atoms with Crippen LogP contribution in [0.4, 0.5) is 0 Å². The molecule has 1 aliphatic carbocycles. The smallest absolute Gasteiger partial charge is 0.161 e. The molecule has 0 bridgehead atoms. The molecule has 1 saturated carbocycles. The Kier molecular flexibility index (Phi) is 4.38. The van der Waals surface area contributed by atoms with E-state index < -0.39 is 0 Å². The van der Waals surface area contributed by atoms with E-state index >= 15 is 0 Å². The number of hydrogen-bond donors (Lipinski definition) is 1. The average Bonchev–Trinajstić information content (AvgIpc) is 2.41. The third-order valence-corrected chi connectivity index (χ3v) is 4.50. The summed E-state index contributed by atoms with van der Waals surface area (Å²) in [7, 11) is 1.64. The lowest BCUT2D eigenvalue weighted by Crippen LogP contribution is -2.25. The summed E-state index contributed by atoms with van der Waals surface area (Å²) < 4.78 is 5.36. The lowest BCUT2D eigenvalue weighted by molar-refractivity contribution is 0.300. The van der Waals surface area contributed by atoms with Crippen LogP contribution >= 0.6 is 0 Å². The van der Waals surface area contributed by atoms with E-state index in [-0.39, 0.29) is 5.41 Å². The molecule has 1 aromatic carbocycles. The highest BCUT2D eigenvalue weighted by molar-refractivity contribution is 5.51. The van der Waals surface area contributed by atoms with Crippen LogP contribution in [0.1, 0.15) is 63.5 Å². The molecule has 2 rings (SSSR count). The van der Waals surface area contributed by atoms with Crippen LogP contribution in [0.25, 0.3) is 0 Å². The van der Waals surface area contributed by atoms with E-state index in [1.54, 1.807) is 7.11 Å². The van der Waals surface area contributed by atoms with Crippen molar-refractivity contribution in [2.45, 2.75) is 64.2 Å². The van der Waals surface area contributed by atoms with Crippen LogP contribution < -0.4 is 4.74 Å². The molecular weight excluding hydrogens is 236 g/mol. The summed E-state index contributed by atoms with van der Waals surface area (Å²) in [4.78, 5) is 0. The van der Waals surface area contributed by atoms with E-state index in [4.69, 9.17) is 4.74 Å². The highest BCUT2D eigenvalue weighted by Crippen LogP contribution is 2.46. The Morgan fingerprint density at radius 2 is 1.89 bits per heavy atom. The number of rotatable bonds is 4. The van der Waals surface area contributed by atoms with E-state index in [1.807, 2.05) is 6.07 Å². The molecular formula is C17H26O2. The maximum atomic E-state index is 10.5. The minimum atomic E-state index is 0.110. The molecule has 0 heterocycles. The summed E-state index contributed by atoms with van der Waals surface area (Å²) in [6.07, 6.45) is 8.33. The Hall–Kier alpha value is -1.18. The molecule has 0 spiro atoms. The van der Waals surface area contributed by atoms with Gasteiger partial charge < -0.3 is 9.84 Å². The summed E-state index contributed by atoms with van der Waals surface area (Å²) >= 11 is 0. The number of methoxy groups -OCH3 is 1. The molecule has 0 aliphatic heterocycles. The lowest BCUT2D eigenvalue weighted by Gasteiger charge is -2.35. The van der Waals surface area contributed by atoms with Gasteiger partial charge >= 0.3 is 0 Å². The Morgan fingerprint density at radius 1 is 1.21 bits per heavy atom. The minimum Gasteiger partial charge on any atom is -0.504 e. The molecule has 1 aliphatic rings. The molecule has 106 valence electrons. The SMILES string of the molecule is CCCc1cc(OC)c(O)c(C2(C)CCCCC2)c1. The van der Waals surface area contributed by atoms with Crippen molar-refractivity contribution in [1.82, 2.24) is 0 Å².